The van der Waals surface area contributed by atoms with E-state index in [0.29, 0.717) is 17.2 Å². The van der Waals surface area contributed by atoms with Gasteiger partial charge in [0.15, 0.2) is 0 Å². The first-order valence-corrected chi connectivity index (χ1v) is 39.6. The van der Waals surface area contributed by atoms with E-state index in [4.69, 9.17) is 29.5 Å². The third-order valence-electron chi connectivity index (χ3n) is 17.3. The number of nitrogens with zero attached hydrogens (tertiary/aromatic N) is 6. The number of benzene rings is 3. The second-order valence-electron chi connectivity index (χ2n) is 25.8. The van der Waals surface area contributed by atoms with Crippen molar-refractivity contribution in [2.24, 2.45) is 0 Å². The van der Waals surface area contributed by atoms with Gasteiger partial charge in [0.1, 0.15) is 53.4 Å². The Bertz CT molecular complexity index is 2500. The molecule has 0 saturated carbocycles. The van der Waals surface area contributed by atoms with Gasteiger partial charge in [0.25, 0.3) is 0 Å². The van der Waals surface area contributed by atoms with Crippen LogP contribution in [0.3, 0.4) is 0 Å². The Labute approximate surface area is 578 Å². The van der Waals surface area contributed by atoms with E-state index in [1.165, 1.54) is 231 Å². The van der Waals surface area contributed by atoms with Crippen molar-refractivity contribution >= 4 is 40.0 Å². The highest BCUT2D eigenvalue weighted by Crippen LogP contribution is 2.36. The predicted octanol–water partition coefficient (Wildman–Crippen LogP) is 21.9. The Morgan fingerprint density at radius 3 is 0.809 bits per heavy atom. The van der Waals surface area contributed by atoms with Crippen molar-refractivity contribution in [2.45, 2.75) is 322 Å². The maximum absolute atomic E-state index is 12.0. The molecule has 3 aromatic carbocycles. The van der Waals surface area contributed by atoms with Gasteiger partial charge >= 0.3 is 11.9 Å². The monoisotopic (exact) mass is 1350 g/mol. The van der Waals surface area contributed by atoms with Gasteiger partial charge in [-0.3, -0.25) is 4.79 Å². The number of aromatic nitrogens is 6. The number of hydrogen-bond acceptors (Lipinski definition) is 16. The molecule has 4 N–H and O–H groups in total. The summed E-state index contributed by atoms with van der Waals surface area (Å²) >= 11 is 4.93. The molecule has 17 heteroatoms. The van der Waals surface area contributed by atoms with Crippen molar-refractivity contribution in [3.8, 4) is 49.0 Å². The van der Waals surface area contributed by atoms with Crippen LogP contribution >= 0.6 is 34.0 Å². The van der Waals surface area contributed by atoms with Gasteiger partial charge in [-0.15, -0.1) is 30.6 Å². The lowest BCUT2D eigenvalue weighted by molar-refractivity contribution is -0.257. The number of rotatable bonds is 57. The summed E-state index contributed by atoms with van der Waals surface area (Å²) in [6.45, 7) is 6.12. The molecule has 0 atom stereocenters. The van der Waals surface area contributed by atoms with Crippen molar-refractivity contribution in [3.05, 3.63) is 87.8 Å². The molecule has 0 unspecified atom stereocenters. The normalized spacial score (nSPS) is 11.6. The van der Waals surface area contributed by atoms with E-state index >= 15 is 0 Å². The SMILES string of the molecule is CCCCCCCCCCCCCCCc1nnc(-c2ccc(OC(CCCC(=O)O)(Oc3ccc(-c4nnc(CCCCCCCCCCCCCCC)s4)cc3)Oc3ccc(-c4nnc(CCCCCCCCCCCCCCC)s4)cc3)cc2)s1.OCC(O)CO. The van der Waals surface area contributed by atoms with Gasteiger partial charge in [0, 0.05) is 42.4 Å². The van der Waals surface area contributed by atoms with E-state index in [1.807, 2.05) is 72.8 Å². The van der Waals surface area contributed by atoms with Crippen LogP contribution in [0.15, 0.2) is 72.8 Å². The number of carboxylic acid groups (broad SMARTS) is 1. The van der Waals surface area contributed by atoms with Crippen LogP contribution in [0.25, 0.3) is 31.7 Å². The topological polar surface area (TPSA) is 203 Å². The highest BCUT2D eigenvalue weighted by atomic mass is 32.1. The Morgan fingerprint density at radius 1 is 0.362 bits per heavy atom. The van der Waals surface area contributed by atoms with Gasteiger partial charge in [-0.1, -0.05) is 286 Å². The van der Waals surface area contributed by atoms with Crippen LogP contribution in [0.4, 0.5) is 0 Å². The zero-order valence-corrected chi connectivity index (χ0v) is 60.5. The Balaban J connectivity index is 0.00000254. The van der Waals surface area contributed by atoms with Gasteiger partial charge in [-0.05, 0) is 98.5 Å². The Kier molecular flexibility index (Phi) is 43.6. The fourth-order valence-corrected chi connectivity index (χ4v) is 14.2. The molecule has 6 rings (SSSR count). The number of carboxylic acids is 1. The van der Waals surface area contributed by atoms with Crippen molar-refractivity contribution in [1.82, 2.24) is 30.6 Å². The number of aryl methyl sites for hydroxylation is 3. The number of aliphatic hydroxyl groups excluding tert-OH is 3. The van der Waals surface area contributed by atoms with Crippen LogP contribution in [0, 0.1) is 0 Å². The molecule has 0 fully saturated rings. The molecule has 6 aromatic rings. The second kappa shape index (κ2) is 51.3. The molecule has 0 spiro atoms. The molecule has 0 saturated heterocycles. The summed E-state index contributed by atoms with van der Waals surface area (Å²) in [4.78, 5) is 12.0. The summed E-state index contributed by atoms with van der Waals surface area (Å²) < 4.78 is 20.5. The first-order valence-electron chi connectivity index (χ1n) is 37.1. The zero-order valence-electron chi connectivity index (χ0n) is 58.1. The minimum absolute atomic E-state index is 0.0925. The van der Waals surface area contributed by atoms with Crippen molar-refractivity contribution in [1.29, 1.82) is 0 Å². The van der Waals surface area contributed by atoms with E-state index in [9.17, 15) is 9.90 Å². The number of aliphatic carboxylic acids is 1. The molecule has 3 heterocycles. The minimum atomic E-state index is -1.75. The van der Waals surface area contributed by atoms with Crippen LogP contribution in [-0.2, 0) is 24.1 Å². The summed E-state index contributed by atoms with van der Waals surface area (Å²) in [5.74, 6) is -1.16. The Hall–Kier alpha value is -4.91. The van der Waals surface area contributed by atoms with Gasteiger partial charge < -0.3 is 34.6 Å². The molecule has 0 aliphatic heterocycles. The molecule has 94 heavy (non-hydrogen) atoms. The molecule has 3 aromatic heterocycles. The van der Waals surface area contributed by atoms with E-state index in [2.05, 4.69) is 51.4 Å². The predicted molar refractivity (Wildman–Crippen MR) is 391 cm³/mol. The maximum atomic E-state index is 12.0. The number of aliphatic hydroxyl groups is 3. The lowest BCUT2D eigenvalue weighted by Gasteiger charge is -2.34. The second-order valence-corrected chi connectivity index (χ2v) is 29.0. The number of ether oxygens (including phenoxy) is 3. The van der Waals surface area contributed by atoms with Gasteiger partial charge in [0.05, 0.1) is 19.6 Å². The first kappa shape index (κ1) is 79.8. The third kappa shape index (κ3) is 35.4. The van der Waals surface area contributed by atoms with Crippen LogP contribution in [0.5, 0.6) is 17.2 Å². The molecular weight excluding hydrogens is 1230 g/mol. The quantitative estimate of drug-likeness (QED) is 0.0207. The lowest BCUT2D eigenvalue weighted by atomic mass is 10.0. The summed E-state index contributed by atoms with van der Waals surface area (Å²) in [5, 5.41) is 67.1. The molecule has 0 aliphatic rings. The number of unbranched alkanes of at least 4 members (excludes halogenated alkanes) is 36. The zero-order chi connectivity index (χ0) is 66.8. The smallest absolute Gasteiger partial charge is 0.417 e. The summed E-state index contributed by atoms with van der Waals surface area (Å²) in [5.41, 5.74) is 2.83. The first-order chi connectivity index (χ1) is 46.2. The van der Waals surface area contributed by atoms with Gasteiger partial charge in [-0.2, -0.15) is 0 Å². The highest BCUT2D eigenvalue weighted by Gasteiger charge is 2.39. The molecule has 524 valence electrons. The van der Waals surface area contributed by atoms with Crippen molar-refractivity contribution in [2.75, 3.05) is 13.2 Å². The van der Waals surface area contributed by atoms with Crippen LogP contribution in [-0.4, -0.2) is 82.3 Å². The van der Waals surface area contributed by atoms with Crippen molar-refractivity contribution in [3.63, 3.8) is 0 Å². The maximum Gasteiger partial charge on any atom is 0.417 e. The molecule has 0 aliphatic carbocycles. The highest BCUT2D eigenvalue weighted by molar-refractivity contribution is 7.15. The van der Waals surface area contributed by atoms with Crippen LogP contribution < -0.4 is 14.2 Å². The lowest BCUT2D eigenvalue weighted by Crippen LogP contribution is -2.48. The fraction of sp³-hybridized carbons (Fsp3) is 0.675. The average molecular weight is 1350 g/mol. The van der Waals surface area contributed by atoms with Crippen LogP contribution in [0.2, 0.25) is 0 Å². The molecule has 14 nitrogen and oxygen atoms in total. The Morgan fingerprint density at radius 2 is 0.596 bits per heavy atom. The van der Waals surface area contributed by atoms with Gasteiger partial charge in [0.2, 0.25) is 0 Å². The van der Waals surface area contributed by atoms with E-state index < -0.39 is 18.0 Å². The van der Waals surface area contributed by atoms with E-state index in [-0.39, 0.29) is 32.5 Å². The van der Waals surface area contributed by atoms with E-state index in [1.54, 1.807) is 34.0 Å². The minimum Gasteiger partial charge on any atom is -0.481 e. The van der Waals surface area contributed by atoms with E-state index in [0.717, 1.165) is 85.3 Å². The fourth-order valence-electron chi connectivity index (χ4n) is 11.6. The average Bonchev–Trinajstić information content (AvgIpc) is 0.966. The summed E-state index contributed by atoms with van der Waals surface area (Å²) in [7, 11) is 0. The molecule has 0 bridgehead atoms. The summed E-state index contributed by atoms with van der Waals surface area (Å²) in [6, 6.07) is 23.3. The number of hydrogen-bond donors (Lipinski definition) is 4. The number of carbonyl (C=O) groups is 1. The molecule has 0 radical (unpaired) electrons. The molecular formula is C77H120N6O8S3. The summed E-state index contributed by atoms with van der Waals surface area (Å²) in [6.07, 6.45) is 54.1. The molecule has 0 amide bonds. The van der Waals surface area contributed by atoms with Crippen LogP contribution in [0.1, 0.15) is 305 Å². The largest absolute Gasteiger partial charge is 0.481 e. The standard InChI is InChI=1S/C74H112N6O5S3.C3H8O3/c1-4-7-10-13-16-19-22-25-28-31-34-37-40-44-67-75-78-71(86-67)61-48-54-64(55-49-61)83-74(60-43-47-70(81)82,84-65-56-50-62(51-57-65)72-79-76-68(87-72)45-41-38-35-32-29-26-23-20-17-14-11-8-5-2)85-66-58-52-63(53-59-66)73-80-77-69(88-73)46-42-39-36-33-30-27-24-21-18-15-12-9-6-3;4-1-3(6)2-5/h48-59H,4-47,60H2,1-3H3,(H,81,82);3-6H,1-2H2. The third-order valence-corrected chi connectivity index (χ3v) is 20.4. The van der Waals surface area contributed by atoms with Crippen molar-refractivity contribution < 1.29 is 39.4 Å². The van der Waals surface area contributed by atoms with Gasteiger partial charge in [-0.25, -0.2) is 0 Å².